The van der Waals surface area contributed by atoms with Crippen LogP contribution >= 0.6 is 0 Å². The summed E-state index contributed by atoms with van der Waals surface area (Å²) < 4.78 is 15.4. The summed E-state index contributed by atoms with van der Waals surface area (Å²) in [5.41, 5.74) is 2.68. The second-order valence-corrected chi connectivity index (χ2v) is 5.74. The molecular formula is C20H19N3O5. The van der Waals surface area contributed by atoms with Gasteiger partial charge < -0.3 is 14.2 Å². The number of carbonyl (C=O) groups excluding carboxylic acids is 2. The maximum atomic E-state index is 11.9. The summed E-state index contributed by atoms with van der Waals surface area (Å²) >= 11 is 0. The van der Waals surface area contributed by atoms with Crippen molar-refractivity contribution in [3.05, 3.63) is 65.4 Å². The summed E-state index contributed by atoms with van der Waals surface area (Å²) in [5, 5.41) is 10.3. The fraction of sp³-hybridized carbons (Fsp3) is 0.200. The molecule has 0 atom stereocenters. The molecule has 144 valence electrons. The molecule has 1 N–H and O–H groups in total. The number of rotatable bonds is 7. The number of nitrogens with zero attached hydrogens (tertiary/aromatic N) is 2. The molecule has 0 bridgehead atoms. The molecule has 0 saturated heterocycles. The SMILES string of the molecule is CCOC(=O)c1n[nH]nc1-c1ccc(OCc2ccc(C(=O)OC)cc2)cc1. The average molecular weight is 381 g/mol. The van der Waals surface area contributed by atoms with Crippen molar-refractivity contribution >= 4 is 11.9 Å². The van der Waals surface area contributed by atoms with Crippen molar-refractivity contribution in [2.75, 3.05) is 13.7 Å². The predicted octanol–water partition coefficient (Wildman–Crippen LogP) is 3.01. The molecule has 0 aliphatic rings. The van der Waals surface area contributed by atoms with Crippen LogP contribution in [0.5, 0.6) is 5.75 Å². The lowest BCUT2D eigenvalue weighted by Crippen LogP contribution is -2.06. The summed E-state index contributed by atoms with van der Waals surface area (Å²) in [6.45, 7) is 2.34. The normalized spacial score (nSPS) is 10.4. The van der Waals surface area contributed by atoms with E-state index in [9.17, 15) is 9.59 Å². The van der Waals surface area contributed by atoms with Crippen molar-refractivity contribution in [2.45, 2.75) is 13.5 Å². The molecule has 8 nitrogen and oxygen atoms in total. The fourth-order valence-electron chi connectivity index (χ4n) is 2.50. The van der Waals surface area contributed by atoms with Crippen LogP contribution in [-0.4, -0.2) is 41.1 Å². The number of aromatic nitrogens is 3. The Morgan fingerprint density at radius 2 is 1.68 bits per heavy atom. The highest BCUT2D eigenvalue weighted by molar-refractivity contribution is 5.93. The van der Waals surface area contributed by atoms with Crippen LogP contribution in [0.4, 0.5) is 0 Å². The number of hydrogen-bond donors (Lipinski definition) is 1. The van der Waals surface area contributed by atoms with Gasteiger partial charge in [0, 0.05) is 5.56 Å². The molecule has 0 amide bonds. The zero-order valence-electron chi connectivity index (χ0n) is 15.5. The topological polar surface area (TPSA) is 103 Å². The summed E-state index contributed by atoms with van der Waals surface area (Å²) in [5.74, 6) is -0.248. The fourth-order valence-corrected chi connectivity index (χ4v) is 2.50. The van der Waals surface area contributed by atoms with E-state index < -0.39 is 5.97 Å². The van der Waals surface area contributed by atoms with Gasteiger partial charge in [-0.15, -0.1) is 5.10 Å². The lowest BCUT2D eigenvalue weighted by atomic mass is 10.1. The van der Waals surface area contributed by atoms with Crippen LogP contribution in [0.1, 0.15) is 33.3 Å². The van der Waals surface area contributed by atoms with Gasteiger partial charge >= 0.3 is 11.9 Å². The summed E-state index contributed by atoms with van der Waals surface area (Å²) in [7, 11) is 1.35. The van der Waals surface area contributed by atoms with E-state index in [0.717, 1.165) is 5.56 Å². The van der Waals surface area contributed by atoms with Crippen molar-refractivity contribution in [3.8, 4) is 17.0 Å². The first-order valence-electron chi connectivity index (χ1n) is 8.60. The highest BCUT2D eigenvalue weighted by Gasteiger charge is 2.18. The van der Waals surface area contributed by atoms with Crippen LogP contribution in [0, 0.1) is 0 Å². The Labute approximate surface area is 161 Å². The molecule has 2 aromatic carbocycles. The number of carbonyl (C=O) groups is 2. The van der Waals surface area contributed by atoms with Crippen molar-refractivity contribution in [2.24, 2.45) is 0 Å². The molecule has 0 spiro atoms. The van der Waals surface area contributed by atoms with Gasteiger partial charge in [-0.05, 0) is 48.9 Å². The van der Waals surface area contributed by atoms with E-state index in [2.05, 4.69) is 20.1 Å². The first kappa shape index (κ1) is 19.1. The standard InChI is InChI=1S/C20H19N3O5/c1-3-27-20(25)18-17(21-23-22-18)14-8-10-16(11-9-14)28-12-13-4-6-15(7-5-13)19(24)26-2/h4-11H,3,12H2,1-2H3,(H,21,22,23). The quantitative estimate of drug-likeness (QED) is 0.627. The second kappa shape index (κ2) is 8.81. The average Bonchev–Trinajstić information content (AvgIpc) is 3.22. The summed E-state index contributed by atoms with van der Waals surface area (Å²) in [6.07, 6.45) is 0. The van der Waals surface area contributed by atoms with E-state index in [1.165, 1.54) is 7.11 Å². The van der Waals surface area contributed by atoms with Crippen LogP contribution in [0.2, 0.25) is 0 Å². The Morgan fingerprint density at radius 3 is 2.32 bits per heavy atom. The zero-order valence-corrected chi connectivity index (χ0v) is 15.5. The Balaban J connectivity index is 1.65. The highest BCUT2D eigenvalue weighted by atomic mass is 16.5. The molecule has 1 heterocycles. The maximum Gasteiger partial charge on any atom is 0.361 e. The zero-order chi connectivity index (χ0) is 19.9. The number of hydrogen-bond acceptors (Lipinski definition) is 7. The lowest BCUT2D eigenvalue weighted by Gasteiger charge is -2.08. The van der Waals surface area contributed by atoms with Crippen LogP contribution in [0.15, 0.2) is 48.5 Å². The third kappa shape index (κ3) is 4.35. The van der Waals surface area contributed by atoms with Crippen LogP contribution in [0.25, 0.3) is 11.3 Å². The van der Waals surface area contributed by atoms with Crippen molar-refractivity contribution in [1.29, 1.82) is 0 Å². The third-order valence-electron chi connectivity index (χ3n) is 3.92. The molecule has 0 aliphatic heterocycles. The van der Waals surface area contributed by atoms with Gasteiger partial charge in [-0.25, -0.2) is 9.59 Å². The maximum absolute atomic E-state index is 11.9. The summed E-state index contributed by atoms with van der Waals surface area (Å²) in [6, 6.07) is 14.1. The molecule has 8 heteroatoms. The van der Waals surface area contributed by atoms with Gasteiger partial charge in [-0.1, -0.05) is 12.1 Å². The molecule has 3 rings (SSSR count). The van der Waals surface area contributed by atoms with Crippen LogP contribution in [0.3, 0.4) is 0 Å². The van der Waals surface area contributed by atoms with E-state index in [-0.39, 0.29) is 18.3 Å². The van der Waals surface area contributed by atoms with Gasteiger partial charge in [0.15, 0.2) is 5.69 Å². The van der Waals surface area contributed by atoms with Crippen molar-refractivity contribution in [1.82, 2.24) is 15.4 Å². The van der Waals surface area contributed by atoms with E-state index in [1.54, 1.807) is 43.3 Å². The number of esters is 2. The van der Waals surface area contributed by atoms with E-state index in [1.807, 2.05) is 12.1 Å². The molecule has 0 unspecified atom stereocenters. The number of aromatic amines is 1. The van der Waals surface area contributed by atoms with E-state index in [0.29, 0.717) is 29.2 Å². The Kier molecular flexibility index (Phi) is 6.01. The van der Waals surface area contributed by atoms with Gasteiger partial charge in [0.2, 0.25) is 0 Å². The molecule has 0 radical (unpaired) electrons. The smallest absolute Gasteiger partial charge is 0.361 e. The third-order valence-corrected chi connectivity index (χ3v) is 3.92. The monoisotopic (exact) mass is 381 g/mol. The molecule has 1 aromatic heterocycles. The van der Waals surface area contributed by atoms with Crippen LogP contribution in [-0.2, 0) is 16.1 Å². The lowest BCUT2D eigenvalue weighted by molar-refractivity contribution is 0.0519. The Morgan fingerprint density at radius 1 is 0.964 bits per heavy atom. The number of H-pyrrole nitrogens is 1. The second-order valence-electron chi connectivity index (χ2n) is 5.74. The van der Waals surface area contributed by atoms with Gasteiger partial charge in [0.05, 0.1) is 19.3 Å². The minimum Gasteiger partial charge on any atom is -0.489 e. The van der Waals surface area contributed by atoms with Gasteiger partial charge in [0.25, 0.3) is 0 Å². The molecule has 0 fully saturated rings. The van der Waals surface area contributed by atoms with Gasteiger partial charge in [-0.2, -0.15) is 10.3 Å². The number of methoxy groups -OCH3 is 1. The van der Waals surface area contributed by atoms with E-state index >= 15 is 0 Å². The number of ether oxygens (including phenoxy) is 3. The highest BCUT2D eigenvalue weighted by Crippen LogP contribution is 2.23. The van der Waals surface area contributed by atoms with Crippen molar-refractivity contribution < 1.29 is 23.8 Å². The predicted molar refractivity (Wildman–Crippen MR) is 99.9 cm³/mol. The largest absolute Gasteiger partial charge is 0.489 e. The molecule has 3 aromatic rings. The minimum absolute atomic E-state index is 0.140. The number of nitrogens with one attached hydrogen (secondary N) is 1. The molecule has 0 saturated carbocycles. The first-order valence-corrected chi connectivity index (χ1v) is 8.60. The van der Waals surface area contributed by atoms with E-state index in [4.69, 9.17) is 9.47 Å². The Hall–Kier alpha value is -3.68. The molecule has 0 aliphatic carbocycles. The minimum atomic E-state index is -0.526. The molecular weight excluding hydrogens is 362 g/mol. The van der Waals surface area contributed by atoms with Gasteiger partial charge in [-0.3, -0.25) is 0 Å². The van der Waals surface area contributed by atoms with Crippen LogP contribution < -0.4 is 4.74 Å². The van der Waals surface area contributed by atoms with Gasteiger partial charge in [0.1, 0.15) is 18.1 Å². The number of benzene rings is 2. The summed E-state index contributed by atoms with van der Waals surface area (Å²) in [4.78, 5) is 23.4. The van der Waals surface area contributed by atoms with Crippen molar-refractivity contribution in [3.63, 3.8) is 0 Å². The first-order chi connectivity index (χ1) is 13.6. The molecule has 28 heavy (non-hydrogen) atoms. The Bertz CT molecular complexity index is 949.